The van der Waals surface area contributed by atoms with Crippen molar-refractivity contribution in [3.05, 3.63) is 0 Å². The van der Waals surface area contributed by atoms with Gasteiger partial charge in [-0.3, -0.25) is 4.79 Å². The third-order valence-electron chi connectivity index (χ3n) is 2.28. The molecule has 4 nitrogen and oxygen atoms in total. The zero-order valence-electron chi connectivity index (χ0n) is 9.29. The summed E-state index contributed by atoms with van der Waals surface area (Å²) in [6.45, 7) is 6.36. The fraction of sp³-hybridized carbons (Fsp3) is 0.900. The minimum atomic E-state index is -0.146. The summed E-state index contributed by atoms with van der Waals surface area (Å²) in [6.07, 6.45) is 0.430. The Morgan fingerprint density at radius 1 is 1.43 bits per heavy atom. The molecule has 0 aromatic rings. The number of carbonyl (C=O) groups is 1. The highest BCUT2D eigenvalue weighted by molar-refractivity contribution is 5.76. The van der Waals surface area contributed by atoms with Crippen LogP contribution in [0.4, 0.5) is 0 Å². The number of hydrogen-bond donors (Lipinski definition) is 3. The second-order valence-corrected chi connectivity index (χ2v) is 4.15. The van der Waals surface area contributed by atoms with Crippen LogP contribution in [0.3, 0.4) is 0 Å². The van der Waals surface area contributed by atoms with Crippen molar-refractivity contribution >= 4 is 5.91 Å². The summed E-state index contributed by atoms with van der Waals surface area (Å²) in [5.74, 6) is 0.411. The van der Waals surface area contributed by atoms with E-state index in [-0.39, 0.29) is 30.4 Å². The number of aliphatic hydroxyl groups is 1. The Morgan fingerprint density at radius 3 is 2.36 bits per heavy atom. The van der Waals surface area contributed by atoms with E-state index in [1.165, 1.54) is 0 Å². The van der Waals surface area contributed by atoms with Gasteiger partial charge in [0.05, 0.1) is 12.6 Å². The lowest BCUT2D eigenvalue weighted by Gasteiger charge is -2.20. The van der Waals surface area contributed by atoms with E-state index in [0.29, 0.717) is 13.0 Å². The predicted octanol–water partition coefficient (Wildman–Crippen LogP) is 0.104. The first kappa shape index (κ1) is 13.4. The highest BCUT2D eigenvalue weighted by Crippen LogP contribution is 2.03. The van der Waals surface area contributed by atoms with Gasteiger partial charge in [0.1, 0.15) is 0 Å². The second kappa shape index (κ2) is 6.79. The maximum Gasteiger partial charge on any atom is 0.220 e. The lowest BCUT2D eigenvalue weighted by Crippen LogP contribution is -2.41. The minimum absolute atomic E-state index is 0.0135. The molecule has 2 unspecified atom stereocenters. The third kappa shape index (κ3) is 5.19. The molecule has 0 spiro atoms. The normalized spacial score (nSPS) is 15.3. The average Bonchev–Trinajstić information content (AvgIpc) is 2.13. The molecular weight excluding hydrogens is 180 g/mol. The van der Waals surface area contributed by atoms with E-state index in [4.69, 9.17) is 10.8 Å². The first-order valence-electron chi connectivity index (χ1n) is 5.11. The van der Waals surface area contributed by atoms with Crippen LogP contribution < -0.4 is 11.1 Å². The Bertz CT molecular complexity index is 172. The van der Waals surface area contributed by atoms with Crippen molar-refractivity contribution in [3.8, 4) is 0 Å². The molecule has 0 saturated heterocycles. The molecule has 0 bridgehead atoms. The maximum atomic E-state index is 11.4. The number of rotatable bonds is 6. The van der Waals surface area contributed by atoms with Crippen LogP contribution in [0.15, 0.2) is 0 Å². The molecular formula is C10H22N2O2. The summed E-state index contributed by atoms with van der Waals surface area (Å²) in [6, 6.07) is -0.146. The van der Waals surface area contributed by atoms with E-state index in [0.717, 1.165) is 0 Å². The molecule has 0 fully saturated rings. The molecule has 2 atom stereocenters. The number of nitrogens with two attached hydrogens (primary N) is 1. The number of amides is 1. The van der Waals surface area contributed by atoms with Crippen molar-refractivity contribution in [2.45, 2.75) is 33.2 Å². The fourth-order valence-corrected chi connectivity index (χ4v) is 1.09. The first-order chi connectivity index (χ1) is 6.51. The standard InChI is InChI=1S/C10H22N2O2/c1-7(2)9(6-13)12-10(14)4-8(3)5-11/h7-9,13H,4-6,11H2,1-3H3,(H,12,14). The molecule has 0 aliphatic carbocycles. The van der Waals surface area contributed by atoms with Gasteiger partial charge in [-0.2, -0.15) is 0 Å². The summed E-state index contributed by atoms with van der Waals surface area (Å²) < 4.78 is 0. The van der Waals surface area contributed by atoms with Crippen molar-refractivity contribution in [2.24, 2.45) is 17.6 Å². The number of hydrogen-bond acceptors (Lipinski definition) is 3. The monoisotopic (exact) mass is 202 g/mol. The van der Waals surface area contributed by atoms with Gasteiger partial charge >= 0.3 is 0 Å². The summed E-state index contributed by atoms with van der Waals surface area (Å²) >= 11 is 0. The number of carbonyl (C=O) groups excluding carboxylic acids is 1. The SMILES string of the molecule is CC(CN)CC(=O)NC(CO)C(C)C. The van der Waals surface area contributed by atoms with E-state index in [1.54, 1.807) is 0 Å². The first-order valence-corrected chi connectivity index (χ1v) is 5.11. The number of aliphatic hydroxyl groups excluding tert-OH is 1. The van der Waals surface area contributed by atoms with Gasteiger partial charge in [0.25, 0.3) is 0 Å². The Labute approximate surface area is 85.9 Å². The molecule has 0 aliphatic rings. The molecule has 1 amide bonds. The van der Waals surface area contributed by atoms with Crippen molar-refractivity contribution in [3.63, 3.8) is 0 Å². The van der Waals surface area contributed by atoms with Crippen molar-refractivity contribution in [2.75, 3.05) is 13.2 Å². The molecule has 0 aromatic carbocycles. The predicted molar refractivity (Wildman–Crippen MR) is 56.7 cm³/mol. The highest BCUT2D eigenvalue weighted by Gasteiger charge is 2.15. The molecule has 4 heteroatoms. The Hall–Kier alpha value is -0.610. The van der Waals surface area contributed by atoms with E-state index in [2.05, 4.69) is 5.32 Å². The van der Waals surface area contributed by atoms with Crippen LogP contribution in [0.25, 0.3) is 0 Å². The largest absolute Gasteiger partial charge is 0.394 e. The van der Waals surface area contributed by atoms with Gasteiger partial charge in [-0.1, -0.05) is 20.8 Å². The highest BCUT2D eigenvalue weighted by atomic mass is 16.3. The van der Waals surface area contributed by atoms with Crippen LogP contribution in [0.5, 0.6) is 0 Å². The molecule has 4 N–H and O–H groups in total. The van der Waals surface area contributed by atoms with E-state index >= 15 is 0 Å². The zero-order chi connectivity index (χ0) is 11.1. The fourth-order valence-electron chi connectivity index (χ4n) is 1.09. The lowest BCUT2D eigenvalue weighted by atomic mass is 10.0. The topological polar surface area (TPSA) is 75.4 Å². The van der Waals surface area contributed by atoms with Gasteiger partial charge in [-0.05, 0) is 18.4 Å². The van der Waals surface area contributed by atoms with Crippen LogP contribution >= 0.6 is 0 Å². The van der Waals surface area contributed by atoms with Crippen molar-refractivity contribution in [1.82, 2.24) is 5.32 Å². The van der Waals surface area contributed by atoms with Gasteiger partial charge in [0.2, 0.25) is 5.91 Å². The molecule has 0 aromatic heterocycles. The van der Waals surface area contributed by atoms with E-state index < -0.39 is 0 Å². The quantitative estimate of drug-likeness (QED) is 0.572. The van der Waals surface area contributed by atoms with Gasteiger partial charge in [-0.15, -0.1) is 0 Å². The van der Waals surface area contributed by atoms with Crippen LogP contribution in [0, 0.1) is 11.8 Å². The lowest BCUT2D eigenvalue weighted by molar-refractivity contribution is -0.123. The van der Waals surface area contributed by atoms with Crippen LogP contribution in [0.1, 0.15) is 27.2 Å². The zero-order valence-corrected chi connectivity index (χ0v) is 9.29. The van der Waals surface area contributed by atoms with E-state index in [9.17, 15) is 4.79 Å². The van der Waals surface area contributed by atoms with E-state index in [1.807, 2.05) is 20.8 Å². The average molecular weight is 202 g/mol. The van der Waals surface area contributed by atoms with Gasteiger partial charge in [0.15, 0.2) is 0 Å². The molecule has 0 aliphatic heterocycles. The molecule has 0 heterocycles. The molecule has 14 heavy (non-hydrogen) atoms. The second-order valence-electron chi connectivity index (χ2n) is 4.15. The van der Waals surface area contributed by atoms with Crippen molar-refractivity contribution < 1.29 is 9.90 Å². The molecule has 0 saturated carbocycles. The Kier molecular flexibility index (Phi) is 6.49. The van der Waals surface area contributed by atoms with Gasteiger partial charge in [-0.25, -0.2) is 0 Å². The minimum Gasteiger partial charge on any atom is -0.394 e. The summed E-state index contributed by atoms with van der Waals surface area (Å²) in [4.78, 5) is 11.4. The third-order valence-corrected chi connectivity index (χ3v) is 2.28. The number of nitrogens with one attached hydrogen (secondary N) is 1. The van der Waals surface area contributed by atoms with Crippen molar-refractivity contribution in [1.29, 1.82) is 0 Å². The maximum absolute atomic E-state index is 11.4. The Morgan fingerprint density at radius 2 is 2.00 bits per heavy atom. The summed E-state index contributed by atoms with van der Waals surface area (Å²) in [7, 11) is 0. The summed E-state index contributed by atoms with van der Waals surface area (Å²) in [5.41, 5.74) is 5.41. The molecule has 0 rings (SSSR count). The van der Waals surface area contributed by atoms with Gasteiger partial charge in [0, 0.05) is 6.42 Å². The van der Waals surface area contributed by atoms with Crippen LogP contribution in [-0.2, 0) is 4.79 Å². The molecule has 84 valence electrons. The smallest absolute Gasteiger partial charge is 0.220 e. The van der Waals surface area contributed by atoms with Crippen LogP contribution in [-0.4, -0.2) is 30.2 Å². The summed E-state index contributed by atoms with van der Waals surface area (Å²) in [5, 5.41) is 11.8. The molecule has 0 radical (unpaired) electrons. The Balaban J connectivity index is 3.91. The van der Waals surface area contributed by atoms with Crippen LogP contribution in [0.2, 0.25) is 0 Å². The van der Waals surface area contributed by atoms with Gasteiger partial charge < -0.3 is 16.2 Å².